The van der Waals surface area contributed by atoms with Crippen LogP contribution in [-0.2, 0) is 4.79 Å². The molecule has 0 bridgehead atoms. The molecule has 1 N–H and O–H groups in total. The van der Waals surface area contributed by atoms with Crippen molar-refractivity contribution in [3.05, 3.63) is 92.4 Å². The lowest BCUT2D eigenvalue weighted by Crippen LogP contribution is -2.30. The number of aromatic amines is 1. The Hall–Kier alpha value is -3.47. The summed E-state index contributed by atoms with van der Waals surface area (Å²) in [5, 5.41) is 4.57. The average Bonchev–Trinajstić information content (AvgIpc) is 2.91. The van der Waals surface area contributed by atoms with E-state index < -0.39 is 0 Å². The van der Waals surface area contributed by atoms with Gasteiger partial charge in [-0.25, -0.2) is 9.67 Å². The highest BCUT2D eigenvalue weighted by atomic mass is 16.1. The minimum Gasteiger partial charge on any atom is -0.295 e. The molecule has 1 amide bonds. The number of nitrogens with one attached hydrogen (secondary N) is 1. The number of aromatic nitrogens is 2. The van der Waals surface area contributed by atoms with E-state index in [0.717, 1.165) is 10.9 Å². The number of hydrogen-bond acceptors (Lipinski definition) is 2. The topological polar surface area (TPSA) is 67.2 Å². The van der Waals surface area contributed by atoms with E-state index >= 15 is 0 Å². The molecular formula is C20H15N3O2. The molecule has 122 valence electrons. The van der Waals surface area contributed by atoms with Gasteiger partial charge in [0.25, 0.3) is 11.5 Å². The second-order valence-corrected chi connectivity index (χ2v) is 5.85. The van der Waals surface area contributed by atoms with Crippen LogP contribution in [0, 0.1) is 6.92 Å². The van der Waals surface area contributed by atoms with E-state index in [1.807, 2.05) is 55.5 Å². The summed E-state index contributed by atoms with van der Waals surface area (Å²) in [6.07, 6.45) is 3.37. The van der Waals surface area contributed by atoms with Crippen LogP contribution in [-0.4, -0.2) is 15.7 Å². The van der Waals surface area contributed by atoms with Crippen molar-refractivity contribution in [2.45, 2.75) is 6.92 Å². The van der Waals surface area contributed by atoms with Crippen molar-refractivity contribution < 1.29 is 4.79 Å². The number of rotatable bonds is 2. The molecule has 2 heterocycles. The van der Waals surface area contributed by atoms with Gasteiger partial charge in [-0.3, -0.25) is 14.7 Å². The lowest BCUT2D eigenvalue weighted by molar-refractivity contribution is -0.114. The fourth-order valence-corrected chi connectivity index (χ4v) is 2.86. The maximum Gasteiger partial charge on any atom is 0.278 e. The predicted molar refractivity (Wildman–Crippen MR) is 95.8 cm³/mol. The second kappa shape index (κ2) is 5.87. The minimum absolute atomic E-state index is 0.198. The maximum atomic E-state index is 12.7. The first-order valence-electron chi connectivity index (χ1n) is 7.92. The smallest absolute Gasteiger partial charge is 0.278 e. The lowest BCUT2D eigenvalue weighted by Gasteiger charge is -2.02. The number of amides is 1. The van der Waals surface area contributed by atoms with Gasteiger partial charge in [-0.2, -0.15) is 0 Å². The van der Waals surface area contributed by atoms with Crippen LogP contribution in [0.1, 0.15) is 11.3 Å². The molecule has 5 nitrogen and oxygen atoms in total. The molecule has 4 rings (SSSR count). The zero-order chi connectivity index (χ0) is 17.4. The Morgan fingerprint density at radius 2 is 1.72 bits per heavy atom. The second-order valence-electron chi connectivity index (χ2n) is 5.85. The number of nitrogens with zero attached hydrogens (tertiary/aromatic N) is 2. The summed E-state index contributed by atoms with van der Waals surface area (Å²) in [4.78, 5) is 29.1. The molecule has 0 saturated heterocycles. The third-order valence-electron chi connectivity index (χ3n) is 4.15. The van der Waals surface area contributed by atoms with E-state index in [0.29, 0.717) is 22.2 Å². The highest BCUT2D eigenvalue weighted by Gasteiger charge is 2.15. The third-order valence-corrected chi connectivity index (χ3v) is 4.15. The van der Waals surface area contributed by atoms with Gasteiger partial charge in [0, 0.05) is 16.5 Å². The number of hydrogen-bond donors (Lipinski definition) is 1. The maximum absolute atomic E-state index is 12.7. The summed E-state index contributed by atoms with van der Waals surface area (Å²) >= 11 is 0. The Morgan fingerprint density at radius 1 is 1.00 bits per heavy atom. The molecule has 0 aliphatic carbocycles. The van der Waals surface area contributed by atoms with Gasteiger partial charge < -0.3 is 0 Å². The van der Waals surface area contributed by atoms with E-state index in [9.17, 15) is 9.59 Å². The Labute approximate surface area is 143 Å². The number of carbonyl (C=O) groups excluding carboxylic acids is 1. The standard InChI is InChI=1S/C20H15N3O2/c1-13-17(20(25)23(22-13)16-8-3-2-4-9-16)12-15-11-14-7-5-6-10-18(14)21-19(15)24/h2-12,22H,1H3/b15-12+. The Bertz CT molecular complexity index is 1180. The highest BCUT2D eigenvalue weighted by Crippen LogP contribution is 2.12. The largest absolute Gasteiger partial charge is 0.295 e. The van der Waals surface area contributed by atoms with Crippen LogP contribution in [0.2, 0.25) is 0 Å². The average molecular weight is 329 g/mol. The van der Waals surface area contributed by atoms with E-state index in [-0.39, 0.29) is 11.5 Å². The van der Waals surface area contributed by atoms with Crippen LogP contribution < -0.4 is 16.1 Å². The molecule has 3 aromatic rings. The van der Waals surface area contributed by atoms with E-state index in [4.69, 9.17) is 0 Å². The lowest BCUT2D eigenvalue weighted by atomic mass is 10.1. The van der Waals surface area contributed by atoms with Crippen molar-refractivity contribution >= 4 is 18.1 Å². The normalized spacial score (nSPS) is 14.8. The molecule has 2 aromatic carbocycles. The molecule has 0 spiro atoms. The molecule has 1 aliphatic heterocycles. The number of carbonyl (C=O) groups is 1. The zero-order valence-electron chi connectivity index (χ0n) is 13.6. The van der Waals surface area contributed by atoms with Crippen molar-refractivity contribution in [2.75, 3.05) is 0 Å². The molecule has 0 unspecified atom stereocenters. The summed E-state index contributed by atoms with van der Waals surface area (Å²) in [6.45, 7) is 1.81. The molecule has 1 aromatic heterocycles. The molecular weight excluding hydrogens is 314 g/mol. The van der Waals surface area contributed by atoms with Crippen molar-refractivity contribution in [1.29, 1.82) is 0 Å². The number of para-hydroxylation sites is 2. The molecule has 5 heteroatoms. The molecule has 0 atom stereocenters. The van der Waals surface area contributed by atoms with Gasteiger partial charge in [0.05, 0.1) is 16.6 Å². The number of fused-ring (bicyclic) bond motifs is 1. The first-order chi connectivity index (χ1) is 12.1. The molecule has 0 saturated carbocycles. The number of aryl methyl sites for hydroxylation is 1. The monoisotopic (exact) mass is 329 g/mol. The SMILES string of the molecule is Cc1[nH]n(-c2ccccc2)c(=O)c1/C=C1\C=c2ccccc2=NC1=O. The van der Waals surface area contributed by atoms with Crippen LogP contribution >= 0.6 is 0 Å². The van der Waals surface area contributed by atoms with Crippen LogP contribution in [0.15, 0.2) is 70.0 Å². The summed E-state index contributed by atoms with van der Waals surface area (Å²) in [5.74, 6) is -0.343. The van der Waals surface area contributed by atoms with E-state index in [2.05, 4.69) is 10.1 Å². The third kappa shape index (κ3) is 2.65. The highest BCUT2D eigenvalue weighted by molar-refractivity contribution is 6.07. The first kappa shape index (κ1) is 15.1. The summed E-state index contributed by atoms with van der Waals surface area (Å²) in [7, 11) is 0. The van der Waals surface area contributed by atoms with E-state index in [1.54, 1.807) is 18.2 Å². The summed E-state index contributed by atoms with van der Waals surface area (Å²) in [6, 6.07) is 16.7. The number of benzene rings is 2. The summed E-state index contributed by atoms with van der Waals surface area (Å²) in [5.41, 5.74) is 2.10. The first-order valence-corrected chi connectivity index (χ1v) is 7.92. The molecule has 0 fully saturated rings. The van der Waals surface area contributed by atoms with Crippen LogP contribution in [0.25, 0.3) is 17.8 Å². The minimum atomic E-state index is -0.343. The van der Waals surface area contributed by atoms with Gasteiger partial charge in [0.2, 0.25) is 0 Å². The Morgan fingerprint density at radius 3 is 2.52 bits per heavy atom. The Balaban J connectivity index is 1.86. The van der Waals surface area contributed by atoms with Crippen LogP contribution in [0.5, 0.6) is 0 Å². The fourth-order valence-electron chi connectivity index (χ4n) is 2.86. The van der Waals surface area contributed by atoms with Crippen molar-refractivity contribution in [3.8, 4) is 5.69 Å². The van der Waals surface area contributed by atoms with Gasteiger partial charge in [-0.1, -0.05) is 36.4 Å². The summed E-state index contributed by atoms with van der Waals surface area (Å²) < 4.78 is 1.47. The van der Waals surface area contributed by atoms with Crippen molar-refractivity contribution in [3.63, 3.8) is 0 Å². The van der Waals surface area contributed by atoms with Gasteiger partial charge >= 0.3 is 0 Å². The molecule has 25 heavy (non-hydrogen) atoms. The van der Waals surface area contributed by atoms with Crippen molar-refractivity contribution in [1.82, 2.24) is 9.78 Å². The molecule has 0 radical (unpaired) electrons. The van der Waals surface area contributed by atoms with Crippen molar-refractivity contribution in [2.24, 2.45) is 4.99 Å². The fraction of sp³-hybridized carbons (Fsp3) is 0.0500. The number of H-pyrrole nitrogens is 1. The predicted octanol–water partition coefficient (Wildman–Crippen LogP) is 1.50. The Kier molecular flexibility index (Phi) is 3.54. The van der Waals surface area contributed by atoms with E-state index in [1.165, 1.54) is 4.68 Å². The van der Waals surface area contributed by atoms with Crippen LogP contribution in [0.4, 0.5) is 0 Å². The van der Waals surface area contributed by atoms with Crippen LogP contribution in [0.3, 0.4) is 0 Å². The van der Waals surface area contributed by atoms with Gasteiger partial charge in [-0.05, 0) is 37.3 Å². The van der Waals surface area contributed by atoms with Gasteiger partial charge in [-0.15, -0.1) is 0 Å². The van der Waals surface area contributed by atoms with Gasteiger partial charge in [0.15, 0.2) is 0 Å². The van der Waals surface area contributed by atoms with Gasteiger partial charge in [0.1, 0.15) is 0 Å². The zero-order valence-corrected chi connectivity index (χ0v) is 13.6. The molecule has 1 aliphatic rings. The quantitative estimate of drug-likeness (QED) is 0.724.